The van der Waals surface area contributed by atoms with E-state index in [2.05, 4.69) is 45.1 Å². The van der Waals surface area contributed by atoms with Gasteiger partial charge in [0.25, 0.3) is 29.7 Å². The minimum absolute atomic E-state index is 0. The van der Waals surface area contributed by atoms with Crippen molar-refractivity contribution in [3.8, 4) is 30.1 Å². The van der Waals surface area contributed by atoms with Crippen LogP contribution in [0.5, 0.6) is 11.5 Å². The molecule has 6 rings (SSSR count). The molecule has 0 aromatic heterocycles. The molecule has 39 heteroatoms. The van der Waals surface area contributed by atoms with Crippen LogP contribution in [0.4, 0.5) is 72.8 Å². The second-order valence-corrected chi connectivity index (χ2v) is 16.5. The number of carboxylic acids is 1. The molecule has 12 N–H and O–H groups in total. The number of rotatable bonds is 4. The maximum absolute atomic E-state index is 13.1. The number of aliphatic carboxylic acids is 1. The van der Waals surface area contributed by atoms with Crippen LogP contribution in [-0.4, -0.2) is 144 Å². The number of carboxylic acid groups (broad SMARTS) is 1. The number of piperidine rings is 4. The van der Waals surface area contributed by atoms with Crippen LogP contribution in [0.25, 0.3) is 5.32 Å². The average molecular weight is 1260 g/mol. The van der Waals surface area contributed by atoms with E-state index < -0.39 is 53.9 Å². The van der Waals surface area contributed by atoms with Crippen molar-refractivity contribution < 1.29 is 110 Å². The van der Waals surface area contributed by atoms with Gasteiger partial charge in [-0.05, 0) is 48.5 Å². The second kappa shape index (κ2) is 38.0. The monoisotopic (exact) mass is 1260 g/mol. The summed E-state index contributed by atoms with van der Waals surface area (Å²) in [6.45, 7) is 2.49. The van der Waals surface area contributed by atoms with Crippen LogP contribution >= 0.6 is 24.8 Å². The molecule has 0 unspecified atom stereocenters. The summed E-state index contributed by atoms with van der Waals surface area (Å²) in [5.41, 5.74) is 28.4. The Hall–Kier alpha value is -6.91. The Morgan fingerprint density at radius 2 is 0.831 bits per heavy atom. The van der Waals surface area contributed by atoms with Crippen LogP contribution in [0.3, 0.4) is 0 Å². The first-order chi connectivity index (χ1) is 37.0. The SMILES string of the molecule is CC(=O)O.Cl.Cl.FC1(F)CCNCC1.N#CN=C(N)N1CCC(F)(F)CC1.N#C[N-]C#N.NC(=Nc1ccc(OC(F)(F)F)cc1)N=C(N)N1CCC(F)(F)CC1.NC(=Nc1ccc(OC(F)(F)F)cc1)N=C(N)N1CCC(F)(F)CC1.[Na+]. The summed E-state index contributed by atoms with van der Waals surface area (Å²) in [5, 5.41) is 35.9. The Labute approximate surface area is 500 Å². The van der Waals surface area contributed by atoms with Gasteiger partial charge in [-0.3, -0.25) is 10.1 Å². The fraction of sp³-hybridized carbons (Fsp3) is 0.523. The first-order valence-electron chi connectivity index (χ1n) is 22.9. The summed E-state index contributed by atoms with van der Waals surface area (Å²) in [4.78, 5) is 32.1. The molecule has 0 saturated carbocycles. The van der Waals surface area contributed by atoms with E-state index in [-0.39, 0.29) is 186 Å². The average Bonchev–Trinajstić information content (AvgIpc) is 3.34. The first-order valence-corrected chi connectivity index (χ1v) is 22.9. The minimum Gasteiger partial charge on any atom is -0.481 e. The number of nitriles is 3. The van der Waals surface area contributed by atoms with Gasteiger partial charge in [-0.1, -0.05) is 0 Å². The zero-order valence-electron chi connectivity index (χ0n) is 44.0. The summed E-state index contributed by atoms with van der Waals surface area (Å²) in [7, 11) is 0. The van der Waals surface area contributed by atoms with E-state index in [1.807, 2.05) is 0 Å². The Bertz CT molecular complexity index is 2380. The standard InChI is InChI=1S/2C14H16F5N5O.C7H10F2N4.C5H9F2N.C2N3.C2H4O2.2ClH.Na/c2*15-13(16)5-7-24(8-6-13)12(21)23-11(20)22-9-1-3-10(4-2-9)25-14(17,18)19;8-7(9)1-3-13(4-2-7)6(11)12-5-10;6-5(7)1-3-8-4-2-5;3-1-5-2-4;1-2(3)4;;;/h2*1-4H,5-8H2,(H4,20,21,22,23);1-4H2,(H2,11,12);8H,1-4H2;;1H3,(H,3,4);2*1H;/q;;;;-1;;;;+1. The third-order valence-electron chi connectivity index (χ3n) is 10.1. The van der Waals surface area contributed by atoms with Crippen LogP contribution in [0, 0.1) is 34.4 Å². The number of halogens is 16. The third-order valence-corrected chi connectivity index (χ3v) is 10.1. The fourth-order valence-corrected chi connectivity index (χ4v) is 6.26. The molecule has 0 radical (unpaired) electrons. The number of guanidine groups is 5. The molecular weight excluding hydrogens is 1200 g/mol. The molecule has 0 bridgehead atoms. The van der Waals surface area contributed by atoms with Crippen LogP contribution in [0.15, 0.2) is 73.5 Å². The summed E-state index contributed by atoms with van der Waals surface area (Å²) in [6, 6.07) is 9.28. The first kappa shape index (κ1) is 80.3. The van der Waals surface area contributed by atoms with Crippen molar-refractivity contribution in [3.05, 3.63) is 53.8 Å². The number of hydrogen-bond acceptors (Lipinski definition) is 10. The molecule has 4 fully saturated rings. The van der Waals surface area contributed by atoms with Gasteiger partial charge in [0.15, 0.2) is 11.9 Å². The Morgan fingerprint density at radius 3 is 1.05 bits per heavy atom. The van der Waals surface area contributed by atoms with Gasteiger partial charge in [0, 0.05) is 123 Å². The number of nitrogens with zero attached hydrogens (tertiary/aromatic N) is 12. The van der Waals surface area contributed by atoms with Gasteiger partial charge in [0.2, 0.25) is 24.1 Å². The van der Waals surface area contributed by atoms with Crippen molar-refractivity contribution >= 4 is 72.0 Å². The normalized spacial score (nSPS) is 18.2. The van der Waals surface area contributed by atoms with Crippen molar-refractivity contribution in [2.75, 3.05) is 52.4 Å². The zero-order chi connectivity index (χ0) is 61.0. The summed E-state index contributed by atoms with van der Waals surface area (Å²) in [6.07, 6.45) is -7.26. The number of hydrogen-bond donors (Lipinski definition) is 7. The van der Waals surface area contributed by atoms with Crippen LogP contribution < -0.4 is 73.0 Å². The number of nitrogens with two attached hydrogens (primary N) is 5. The maximum atomic E-state index is 13.1. The molecule has 0 spiro atoms. The van der Waals surface area contributed by atoms with E-state index in [0.29, 0.717) is 13.1 Å². The Morgan fingerprint density at radius 1 is 0.566 bits per heavy atom. The van der Waals surface area contributed by atoms with Crippen molar-refractivity contribution in [2.24, 2.45) is 53.6 Å². The summed E-state index contributed by atoms with van der Waals surface area (Å²) >= 11 is 0. The molecule has 4 aliphatic heterocycles. The zero-order valence-corrected chi connectivity index (χ0v) is 47.6. The topological polar surface area (TPSA) is 355 Å². The molecule has 4 saturated heterocycles. The maximum Gasteiger partial charge on any atom is 1.00 e. The molecule has 83 heavy (non-hydrogen) atoms. The van der Waals surface area contributed by atoms with Gasteiger partial charge in [0.1, 0.15) is 11.5 Å². The molecule has 0 atom stereocenters. The largest absolute Gasteiger partial charge is 1.00 e. The predicted octanol–water partition coefficient (Wildman–Crippen LogP) is 4.93. The summed E-state index contributed by atoms with van der Waals surface area (Å²) < 4.78 is 182. The fourth-order valence-electron chi connectivity index (χ4n) is 6.26. The molecule has 2 aromatic rings. The number of nitrogens with one attached hydrogen (secondary N) is 1. The minimum atomic E-state index is -4.78. The molecule has 460 valence electrons. The van der Waals surface area contributed by atoms with Gasteiger partial charge < -0.3 is 73.8 Å². The molecular formula is C44H57Cl2F14N18NaO4. The van der Waals surface area contributed by atoms with E-state index >= 15 is 0 Å². The number of likely N-dealkylation sites (tertiary alicyclic amines) is 3. The number of ether oxygens (including phenoxy) is 2. The van der Waals surface area contributed by atoms with E-state index in [4.69, 9.17) is 54.4 Å². The Balaban J connectivity index is -0.00000102. The van der Waals surface area contributed by atoms with Gasteiger partial charge in [-0.2, -0.15) is 15.2 Å². The van der Waals surface area contributed by atoms with Crippen molar-refractivity contribution in [2.45, 2.75) is 94.7 Å². The predicted molar refractivity (Wildman–Crippen MR) is 276 cm³/mol. The van der Waals surface area contributed by atoms with Gasteiger partial charge in [0.05, 0.1) is 11.4 Å². The van der Waals surface area contributed by atoms with Crippen molar-refractivity contribution in [1.82, 2.24) is 20.0 Å². The number of benzene rings is 2. The van der Waals surface area contributed by atoms with Crippen LogP contribution in [-0.2, 0) is 4.79 Å². The van der Waals surface area contributed by atoms with Gasteiger partial charge in [-0.15, -0.1) is 56.1 Å². The van der Waals surface area contributed by atoms with Crippen molar-refractivity contribution in [3.63, 3.8) is 0 Å². The molecule has 22 nitrogen and oxygen atoms in total. The van der Waals surface area contributed by atoms with Crippen molar-refractivity contribution in [1.29, 1.82) is 15.8 Å². The number of aliphatic imine (C=N–C) groups is 5. The quantitative estimate of drug-likeness (QED) is 0.0701. The molecule has 2 aromatic carbocycles. The van der Waals surface area contributed by atoms with E-state index in [1.54, 1.807) is 0 Å². The second-order valence-electron chi connectivity index (χ2n) is 16.5. The molecule has 4 aliphatic rings. The third kappa shape index (κ3) is 38.5. The van der Waals surface area contributed by atoms with Crippen LogP contribution in [0.2, 0.25) is 0 Å². The van der Waals surface area contributed by atoms with Crippen LogP contribution in [0.1, 0.15) is 58.3 Å². The number of alkyl halides is 14. The van der Waals surface area contributed by atoms with Gasteiger partial charge >= 0.3 is 42.3 Å². The van der Waals surface area contributed by atoms with E-state index in [1.165, 1.54) is 57.5 Å². The Kier molecular flexibility index (Phi) is 36.8. The summed E-state index contributed by atoms with van der Waals surface area (Å²) in [5.74, 6) is -12.6. The van der Waals surface area contributed by atoms with Gasteiger partial charge in [-0.25, -0.2) is 45.1 Å². The smallest absolute Gasteiger partial charge is 0.481 e. The molecule has 0 amide bonds. The number of carbonyl (C=O) groups is 1. The van der Waals surface area contributed by atoms with E-state index in [9.17, 15) is 61.5 Å². The molecule has 4 heterocycles. The molecule has 0 aliphatic carbocycles. The van der Waals surface area contributed by atoms with E-state index in [0.717, 1.165) is 31.2 Å².